The summed E-state index contributed by atoms with van der Waals surface area (Å²) in [4.78, 5) is 15.5. The van der Waals surface area contributed by atoms with E-state index < -0.39 is 0 Å². The minimum absolute atomic E-state index is 0.0336. The Kier molecular flexibility index (Phi) is 4.10. The first-order valence-electron chi connectivity index (χ1n) is 5.39. The van der Waals surface area contributed by atoms with Crippen molar-refractivity contribution in [2.75, 3.05) is 0 Å². The van der Waals surface area contributed by atoms with E-state index in [4.69, 9.17) is 11.6 Å². The topological polar surface area (TPSA) is 74.6 Å². The van der Waals surface area contributed by atoms with Gasteiger partial charge >= 0.3 is 0 Å². The number of carbonyl (C=O) groups is 1. The van der Waals surface area contributed by atoms with Crippen molar-refractivity contribution < 1.29 is 9.90 Å². The first-order valence-corrected chi connectivity index (χ1v) is 5.76. The molecule has 1 amide bonds. The predicted octanol–water partition coefficient (Wildman–Crippen LogP) is 2.20. The normalized spacial score (nSPS) is 10.6. The summed E-state index contributed by atoms with van der Waals surface area (Å²) in [7, 11) is 0. The number of hydrogen-bond donors (Lipinski definition) is 2. The third-order valence-corrected chi connectivity index (χ3v) is 2.54. The Bertz CT molecular complexity index is 615. The van der Waals surface area contributed by atoms with Crippen LogP contribution in [0.5, 0.6) is 5.75 Å². The van der Waals surface area contributed by atoms with Crippen LogP contribution in [0.1, 0.15) is 15.9 Å². The Hall–Kier alpha value is -2.40. The summed E-state index contributed by atoms with van der Waals surface area (Å²) >= 11 is 5.79. The summed E-state index contributed by atoms with van der Waals surface area (Å²) in [6.07, 6.45) is 4.35. The van der Waals surface area contributed by atoms with Crippen LogP contribution in [0.25, 0.3) is 0 Å². The Labute approximate surface area is 114 Å². The number of halogens is 1. The van der Waals surface area contributed by atoms with Gasteiger partial charge in [0.1, 0.15) is 5.75 Å². The van der Waals surface area contributed by atoms with E-state index in [0.29, 0.717) is 16.1 Å². The van der Waals surface area contributed by atoms with E-state index in [1.807, 2.05) is 0 Å². The molecule has 96 valence electrons. The molecule has 1 aromatic heterocycles. The van der Waals surface area contributed by atoms with Gasteiger partial charge in [0.2, 0.25) is 0 Å². The van der Waals surface area contributed by atoms with E-state index in [2.05, 4.69) is 15.5 Å². The van der Waals surface area contributed by atoms with Crippen LogP contribution in [0.3, 0.4) is 0 Å². The second kappa shape index (κ2) is 5.97. The van der Waals surface area contributed by atoms with Gasteiger partial charge in [-0.15, -0.1) is 0 Å². The predicted molar refractivity (Wildman–Crippen MR) is 72.4 cm³/mol. The van der Waals surface area contributed by atoms with Gasteiger partial charge in [-0.25, -0.2) is 5.43 Å². The lowest BCUT2D eigenvalue weighted by Crippen LogP contribution is -2.17. The largest absolute Gasteiger partial charge is 0.507 e. The Morgan fingerprint density at radius 2 is 2.05 bits per heavy atom. The molecular formula is C13H10ClN3O2. The van der Waals surface area contributed by atoms with Gasteiger partial charge in [-0.05, 0) is 30.3 Å². The Balaban J connectivity index is 2.04. The maximum Gasteiger partial charge on any atom is 0.271 e. The Morgan fingerprint density at radius 1 is 1.32 bits per heavy atom. The maximum absolute atomic E-state index is 11.6. The van der Waals surface area contributed by atoms with E-state index in [1.165, 1.54) is 24.7 Å². The van der Waals surface area contributed by atoms with E-state index in [0.717, 1.165) is 0 Å². The van der Waals surface area contributed by atoms with Crippen LogP contribution in [0.4, 0.5) is 0 Å². The number of nitrogens with one attached hydrogen (secondary N) is 1. The molecule has 2 rings (SSSR count). The quantitative estimate of drug-likeness (QED) is 0.666. The van der Waals surface area contributed by atoms with Crippen LogP contribution in [0.15, 0.2) is 47.8 Å². The second-order valence-corrected chi connectivity index (χ2v) is 4.07. The molecule has 0 bridgehead atoms. The zero-order chi connectivity index (χ0) is 13.7. The SMILES string of the molecule is O=C(N/N=C/c1cc(Cl)ccc1O)c1ccncc1. The number of phenols is 1. The zero-order valence-corrected chi connectivity index (χ0v) is 10.5. The third-order valence-electron chi connectivity index (χ3n) is 2.30. The molecule has 5 nitrogen and oxygen atoms in total. The molecule has 0 saturated heterocycles. The highest BCUT2D eigenvalue weighted by Gasteiger charge is 2.03. The van der Waals surface area contributed by atoms with Crippen LogP contribution >= 0.6 is 11.6 Å². The Morgan fingerprint density at radius 3 is 2.79 bits per heavy atom. The molecule has 0 fully saturated rings. The van der Waals surface area contributed by atoms with Crippen molar-refractivity contribution in [3.8, 4) is 5.75 Å². The van der Waals surface area contributed by atoms with Crippen molar-refractivity contribution in [3.05, 3.63) is 58.9 Å². The zero-order valence-electron chi connectivity index (χ0n) is 9.75. The van der Waals surface area contributed by atoms with E-state index in [-0.39, 0.29) is 11.7 Å². The molecule has 2 aromatic rings. The molecule has 0 radical (unpaired) electrons. The number of amides is 1. The number of aromatic nitrogens is 1. The summed E-state index contributed by atoms with van der Waals surface area (Å²) in [5, 5.41) is 13.8. The van der Waals surface area contributed by atoms with Crippen molar-refractivity contribution >= 4 is 23.7 Å². The number of phenolic OH excluding ortho intramolecular Hbond substituents is 1. The number of pyridine rings is 1. The summed E-state index contributed by atoms with van der Waals surface area (Å²) in [5.74, 6) is -0.327. The van der Waals surface area contributed by atoms with E-state index >= 15 is 0 Å². The summed E-state index contributed by atoms with van der Waals surface area (Å²) in [6.45, 7) is 0. The molecule has 19 heavy (non-hydrogen) atoms. The van der Waals surface area contributed by atoms with Crippen molar-refractivity contribution in [3.63, 3.8) is 0 Å². The van der Waals surface area contributed by atoms with Crippen molar-refractivity contribution in [2.24, 2.45) is 5.10 Å². The van der Waals surface area contributed by atoms with Gasteiger partial charge in [-0.1, -0.05) is 11.6 Å². The number of hydrazone groups is 1. The molecule has 0 aliphatic carbocycles. The molecule has 0 saturated carbocycles. The highest BCUT2D eigenvalue weighted by molar-refractivity contribution is 6.30. The monoisotopic (exact) mass is 275 g/mol. The highest BCUT2D eigenvalue weighted by Crippen LogP contribution is 2.19. The first kappa shape index (κ1) is 13.0. The van der Waals surface area contributed by atoms with Crippen LogP contribution in [0.2, 0.25) is 5.02 Å². The first-order chi connectivity index (χ1) is 9.16. The maximum atomic E-state index is 11.6. The minimum atomic E-state index is -0.361. The van der Waals surface area contributed by atoms with Crippen LogP contribution < -0.4 is 5.43 Å². The summed E-state index contributed by atoms with van der Waals surface area (Å²) < 4.78 is 0. The van der Waals surface area contributed by atoms with Gasteiger partial charge < -0.3 is 5.11 Å². The van der Waals surface area contributed by atoms with Gasteiger partial charge in [0.15, 0.2) is 0 Å². The van der Waals surface area contributed by atoms with Gasteiger partial charge in [-0.3, -0.25) is 9.78 Å². The molecule has 0 spiro atoms. The number of rotatable bonds is 3. The van der Waals surface area contributed by atoms with Gasteiger partial charge in [0.25, 0.3) is 5.91 Å². The molecule has 0 aliphatic heterocycles. The van der Waals surface area contributed by atoms with Crippen LogP contribution in [-0.4, -0.2) is 22.2 Å². The molecule has 1 aromatic carbocycles. The molecule has 0 atom stereocenters. The summed E-state index contributed by atoms with van der Waals surface area (Å²) in [6, 6.07) is 7.69. The molecule has 0 aliphatic rings. The summed E-state index contributed by atoms with van der Waals surface area (Å²) in [5.41, 5.74) is 3.21. The third kappa shape index (κ3) is 3.53. The van der Waals surface area contributed by atoms with Crippen molar-refractivity contribution in [1.29, 1.82) is 0 Å². The number of benzene rings is 1. The number of aromatic hydroxyl groups is 1. The minimum Gasteiger partial charge on any atom is -0.507 e. The average Bonchev–Trinajstić information content (AvgIpc) is 2.43. The number of carbonyl (C=O) groups excluding carboxylic acids is 1. The standard InChI is InChI=1S/C13H10ClN3O2/c14-11-1-2-12(18)10(7-11)8-16-17-13(19)9-3-5-15-6-4-9/h1-8,18H,(H,17,19)/b16-8+. The van der Waals surface area contributed by atoms with Gasteiger partial charge in [-0.2, -0.15) is 5.10 Å². The molecule has 0 unspecified atom stereocenters. The fourth-order valence-corrected chi connectivity index (χ4v) is 1.54. The smallest absolute Gasteiger partial charge is 0.271 e. The van der Waals surface area contributed by atoms with Crippen LogP contribution in [0, 0.1) is 0 Å². The second-order valence-electron chi connectivity index (χ2n) is 3.64. The average molecular weight is 276 g/mol. The number of nitrogens with zero attached hydrogens (tertiary/aromatic N) is 2. The number of hydrogen-bond acceptors (Lipinski definition) is 4. The van der Waals surface area contributed by atoms with Crippen molar-refractivity contribution in [2.45, 2.75) is 0 Å². The lowest BCUT2D eigenvalue weighted by molar-refractivity contribution is 0.0955. The van der Waals surface area contributed by atoms with E-state index in [1.54, 1.807) is 24.3 Å². The molecule has 1 heterocycles. The fraction of sp³-hybridized carbons (Fsp3) is 0. The van der Waals surface area contributed by atoms with Gasteiger partial charge in [0.05, 0.1) is 6.21 Å². The van der Waals surface area contributed by atoms with Crippen molar-refractivity contribution in [1.82, 2.24) is 10.4 Å². The lowest BCUT2D eigenvalue weighted by Gasteiger charge is -2.00. The fourth-order valence-electron chi connectivity index (χ4n) is 1.36. The molecule has 2 N–H and O–H groups in total. The highest BCUT2D eigenvalue weighted by atomic mass is 35.5. The molecule has 6 heteroatoms. The molecular weight excluding hydrogens is 266 g/mol. The lowest BCUT2D eigenvalue weighted by atomic mass is 10.2. The van der Waals surface area contributed by atoms with E-state index in [9.17, 15) is 9.90 Å². The van der Waals surface area contributed by atoms with Gasteiger partial charge in [0, 0.05) is 28.5 Å². The van der Waals surface area contributed by atoms with Crippen LogP contribution in [-0.2, 0) is 0 Å².